The van der Waals surface area contributed by atoms with Gasteiger partial charge < -0.3 is 10.1 Å². The van der Waals surface area contributed by atoms with Crippen LogP contribution in [0.2, 0.25) is 0 Å². The molecule has 0 amide bonds. The Labute approximate surface area is 101 Å². The highest BCUT2D eigenvalue weighted by Crippen LogP contribution is 2.18. The second-order valence-electron chi connectivity index (χ2n) is 3.77. The maximum Gasteiger partial charge on any atom is 0.165 e. The molecule has 0 aliphatic carbocycles. The number of rotatable bonds is 6. The standard InChI is InChI=1S/C11H16FNO3S/c1-13-8-9-3-4-11(10(12)7-9)16-5-6-17(2,14)15/h3-4,7,13H,5-6,8H2,1-2H3. The monoisotopic (exact) mass is 261 g/mol. The van der Waals surface area contributed by atoms with Crippen molar-refractivity contribution in [2.75, 3.05) is 25.7 Å². The number of sulfone groups is 1. The molecule has 4 nitrogen and oxygen atoms in total. The molecule has 0 bridgehead atoms. The van der Waals surface area contributed by atoms with Crippen LogP contribution in [0, 0.1) is 5.82 Å². The number of nitrogens with one attached hydrogen (secondary N) is 1. The van der Waals surface area contributed by atoms with Crippen LogP contribution in [0.5, 0.6) is 5.75 Å². The first-order valence-corrected chi connectivity index (χ1v) is 7.22. The Morgan fingerprint density at radius 1 is 1.41 bits per heavy atom. The number of ether oxygens (including phenoxy) is 1. The van der Waals surface area contributed by atoms with Gasteiger partial charge in [0, 0.05) is 12.8 Å². The van der Waals surface area contributed by atoms with Crippen LogP contribution in [0.3, 0.4) is 0 Å². The molecule has 17 heavy (non-hydrogen) atoms. The first-order chi connectivity index (χ1) is 7.92. The fraction of sp³-hybridized carbons (Fsp3) is 0.455. The summed E-state index contributed by atoms with van der Waals surface area (Å²) in [4.78, 5) is 0. The van der Waals surface area contributed by atoms with Crippen LogP contribution in [0.4, 0.5) is 4.39 Å². The van der Waals surface area contributed by atoms with E-state index in [2.05, 4.69) is 5.32 Å². The van der Waals surface area contributed by atoms with Gasteiger partial charge in [0.15, 0.2) is 21.4 Å². The van der Waals surface area contributed by atoms with Crippen molar-refractivity contribution >= 4 is 9.84 Å². The van der Waals surface area contributed by atoms with E-state index in [1.54, 1.807) is 13.1 Å². The van der Waals surface area contributed by atoms with Gasteiger partial charge in [0.05, 0.1) is 5.75 Å². The molecule has 1 rings (SSSR count). The van der Waals surface area contributed by atoms with Crippen molar-refractivity contribution in [1.29, 1.82) is 0 Å². The Morgan fingerprint density at radius 2 is 2.12 bits per heavy atom. The molecule has 1 aromatic carbocycles. The van der Waals surface area contributed by atoms with Crippen LogP contribution < -0.4 is 10.1 Å². The van der Waals surface area contributed by atoms with Gasteiger partial charge >= 0.3 is 0 Å². The lowest BCUT2D eigenvalue weighted by Gasteiger charge is -2.08. The van der Waals surface area contributed by atoms with Crippen LogP contribution in [0.1, 0.15) is 5.56 Å². The minimum Gasteiger partial charge on any atom is -0.489 e. The third-order valence-electron chi connectivity index (χ3n) is 2.09. The van der Waals surface area contributed by atoms with Crippen molar-refractivity contribution in [2.45, 2.75) is 6.54 Å². The SMILES string of the molecule is CNCc1ccc(OCCS(C)(=O)=O)c(F)c1. The Bertz CT molecular complexity index is 474. The predicted octanol–water partition coefficient (Wildman–Crippen LogP) is 0.969. The second kappa shape index (κ2) is 5.97. The summed E-state index contributed by atoms with van der Waals surface area (Å²) in [6.07, 6.45) is 1.11. The van der Waals surface area contributed by atoms with E-state index in [1.165, 1.54) is 12.1 Å². The largest absolute Gasteiger partial charge is 0.489 e. The zero-order chi connectivity index (χ0) is 12.9. The van der Waals surface area contributed by atoms with Crippen LogP contribution in [-0.4, -0.2) is 34.1 Å². The molecule has 0 aromatic heterocycles. The Hall–Kier alpha value is -1.14. The van der Waals surface area contributed by atoms with Crippen molar-refractivity contribution in [3.63, 3.8) is 0 Å². The molecule has 0 atom stereocenters. The summed E-state index contributed by atoms with van der Waals surface area (Å²) in [5.41, 5.74) is 0.806. The second-order valence-corrected chi connectivity index (χ2v) is 6.03. The Balaban J connectivity index is 2.60. The molecule has 0 saturated carbocycles. The van der Waals surface area contributed by atoms with Gasteiger partial charge in [0.2, 0.25) is 0 Å². The predicted molar refractivity (Wildman–Crippen MR) is 64.4 cm³/mol. The van der Waals surface area contributed by atoms with E-state index >= 15 is 0 Å². The van der Waals surface area contributed by atoms with Gasteiger partial charge in [-0.3, -0.25) is 0 Å². The Kier molecular flexibility index (Phi) is 4.89. The molecule has 6 heteroatoms. The smallest absolute Gasteiger partial charge is 0.165 e. The molecule has 0 aliphatic heterocycles. The molecule has 0 heterocycles. The first kappa shape index (κ1) is 13.9. The summed E-state index contributed by atoms with van der Waals surface area (Å²) in [6, 6.07) is 4.60. The number of hydrogen-bond donors (Lipinski definition) is 1. The maximum absolute atomic E-state index is 13.5. The van der Waals surface area contributed by atoms with Crippen molar-refractivity contribution in [1.82, 2.24) is 5.32 Å². The van der Waals surface area contributed by atoms with Crippen molar-refractivity contribution in [2.24, 2.45) is 0 Å². The lowest BCUT2D eigenvalue weighted by atomic mass is 10.2. The van der Waals surface area contributed by atoms with E-state index in [0.29, 0.717) is 6.54 Å². The van der Waals surface area contributed by atoms with Gasteiger partial charge in [-0.15, -0.1) is 0 Å². The highest BCUT2D eigenvalue weighted by atomic mass is 32.2. The molecular formula is C11H16FNO3S. The first-order valence-electron chi connectivity index (χ1n) is 5.16. The average Bonchev–Trinajstić information content (AvgIpc) is 2.20. The topological polar surface area (TPSA) is 55.4 Å². The van der Waals surface area contributed by atoms with E-state index in [1.807, 2.05) is 0 Å². The van der Waals surface area contributed by atoms with E-state index in [-0.39, 0.29) is 18.1 Å². The molecule has 0 radical (unpaired) electrons. The molecule has 1 aromatic rings. The third kappa shape index (κ3) is 5.14. The van der Waals surface area contributed by atoms with Crippen LogP contribution in [0.25, 0.3) is 0 Å². The van der Waals surface area contributed by atoms with Gasteiger partial charge in [-0.1, -0.05) is 6.07 Å². The molecule has 0 spiro atoms. The summed E-state index contributed by atoms with van der Waals surface area (Å²) >= 11 is 0. The zero-order valence-corrected chi connectivity index (χ0v) is 10.7. The van der Waals surface area contributed by atoms with E-state index in [4.69, 9.17) is 4.74 Å². The maximum atomic E-state index is 13.5. The summed E-state index contributed by atoms with van der Waals surface area (Å²) in [6.45, 7) is 0.529. The summed E-state index contributed by atoms with van der Waals surface area (Å²) in [7, 11) is -1.31. The van der Waals surface area contributed by atoms with Gasteiger partial charge in [0.25, 0.3) is 0 Å². The lowest BCUT2D eigenvalue weighted by molar-refractivity contribution is 0.322. The van der Waals surface area contributed by atoms with E-state index in [9.17, 15) is 12.8 Å². The fourth-order valence-electron chi connectivity index (χ4n) is 1.28. The molecule has 96 valence electrons. The third-order valence-corrected chi connectivity index (χ3v) is 3.00. The lowest BCUT2D eigenvalue weighted by Crippen LogP contribution is -2.13. The molecule has 0 fully saturated rings. The molecule has 0 aliphatic rings. The van der Waals surface area contributed by atoms with Gasteiger partial charge in [-0.2, -0.15) is 0 Å². The minimum atomic E-state index is -3.08. The molecular weight excluding hydrogens is 245 g/mol. The van der Waals surface area contributed by atoms with Crippen molar-refractivity contribution in [3.8, 4) is 5.75 Å². The fourth-order valence-corrected chi connectivity index (χ4v) is 1.66. The van der Waals surface area contributed by atoms with Crippen molar-refractivity contribution in [3.05, 3.63) is 29.6 Å². The van der Waals surface area contributed by atoms with Crippen LogP contribution in [0.15, 0.2) is 18.2 Å². The minimum absolute atomic E-state index is 0.0405. The van der Waals surface area contributed by atoms with Crippen molar-refractivity contribution < 1.29 is 17.5 Å². The van der Waals surface area contributed by atoms with Gasteiger partial charge in [-0.05, 0) is 24.7 Å². The van der Waals surface area contributed by atoms with Gasteiger partial charge in [-0.25, -0.2) is 12.8 Å². The average molecular weight is 261 g/mol. The van der Waals surface area contributed by atoms with E-state index in [0.717, 1.165) is 11.8 Å². The highest BCUT2D eigenvalue weighted by Gasteiger charge is 2.07. The summed E-state index contributed by atoms with van der Waals surface area (Å²) in [5.74, 6) is -0.523. The highest BCUT2D eigenvalue weighted by molar-refractivity contribution is 7.90. The zero-order valence-electron chi connectivity index (χ0n) is 9.86. The molecule has 1 N–H and O–H groups in total. The van der Waals surface area contributed by atoms with E-state index < -0.39 is 15.7 Å². The quantitative estimate of drug-likeness (QED) is 0.829. The molecule has 0 saturated heterocycles. The van der Waals surface area contributed by atoms with Gasteiger partial charge in [0.1, 0.15) is 6.61 Å². The Morgan fingerprint density at radius 3 is 2.65 bits per heavy atom. The van der Waals surface area contributed by atoms with Crippen LogP contribution >= 0.6 is 0 Å². The number of benzene rings is 1. The number of hydrogen-bond acceptors (Lipinski definition) is 4. The summed E-state index contributed by atoms with van der Waals surface area (Å²) in [5, 5.41) is 2.91. The van der Waals surface area contributed by atoms with Crippen LogP contribution in [-0.2, 0) is 16.4 Å². The number of halogens is 1. The normalized spacial score (nSPS) is 11.5. The summed E-state index contributed by atoms with van der Waals surface area (Å²) < 4.78 is 40.3. The molecule has 0 unspecified atom stereocenters.